The van der Waals surface area contributed by atoms with Crippen molar-refractivity contribution in [3.05, 3.63) is 105 Å². The zero-order valence-electron chi connectivity index (χ0n) is 24.6. The van der Waals surface area contributed by atoms with Crippen LogP contribution in [0.4, 0.5) is 0 Å². The molecule has 6 N–H and O–H groups in total. The Hall–Kier alpha value is -4.67. The predicted molar refractivity (Wildman–Crippen MR) is 166 cm³/mol. The van der Waals surface area contributed by atoms with Crippen LogP contribution in [0.15, 0.2) is 71.5 Å². The highest BCUT2D eigenvalue weighted by molar-refractivity contribution is 5.99. The van der Waals surface area contributed by atoms with E-state index < -0.39 is 23.5 Å². The number of rotatable bonds is 13. The van der Waals surface area contributed by atoms with Gasteiger partial charge in [-0.15, -0.1) is 0 Å². The number of unbranched alkanes of at least 4 members (excludes halogenated alkanes) is 2. The summed E-state index contributed by atoms with van der Waals surface area (Å²) in [6, 6.07) is 18.4. The van der Waals surface area contributed by atoms with Crippen molar-refractivity contribution in [3.8, 4) is 11.5 Å². The molecule has 3 aromatic carbocycles. The molecule has 1 heterocycles. The van der Waals surface area contributed by atoms with E-state index >= 15 is 0 Å². The van der Waals surface area contributed by atoms with Crippen molar-refractivity contribution >= 4 is 22.8 Å². The van der Waals surface area contributed by atoms with Crippen LogP contribution < -0.4 is 20.9 Å². The van der Waals surface area contributed by atoms with Crippen molar-refractivity contribution < 1.29 is 29.6 Å². The number of phenolic OH excluding ortho intramolecular Hbond substituents is 1. The average Bonchev–Trinajstić information content (AvgIpc) is 3.39. The summed E-state index contributed by atoms with van der Waals surface area (Å²) in [6.07, 6.45) is 2.61. The Balaban J connectivity index is 1.06. The van der Waals surface area contributed by atoms with E-state index in [1.165, 1.54) is 12.1 Å². The first-order valence-corrected chi connectivity index (χ1v) is 14.8. The number of aromatic amines is 1. The number of aliphatic carboxylic acids is 1. The van der Waals surface area contributed by atoms with Crippen LogP contribution >= 0.6 is 0 Å². The van der Waals surface area contributed by atoms with Crippen molar-refractivity contribution in [1.29, 1.82) is 0 Å². The van der Waals surface area contributed by atoms with Crippen LogP contribution in [0.1, 0.15) is 64.4 Å². The lowest BCUT2D eigenvalue weighted by Gasteiger charge is -2.27. The number of fused-ring (bicyclic) bond motifs is 2. The number of pyridine rings is 1. The molecule has 0 saturated carbocycles. The maximum atomic E-state index is 13.2. The average molecular weight is 600 g/mol. The monoisotopic (exact) mass is 599 g/mol. The molecule has 1 aromatic heterocycles. The number of phenols is 1. The number of carbonyl (C=O) groups excluding carboxylic acids is 1. The molecular weight excluding hydrogens is 562 g/mol. The summed E-state index contributed by atoms with van der Waals surface area (Å²) in [5, 5.41) is 37.5. The van der Waals surface area contributed by atoms with Crippen LogP contribution in [0.25, 0.3) is 10.9 Å². The van der Waals surface area contributed by atoms with Crippen LogP contribution in [0, 0.1) is 6.92 Å². The van der Waals surface area contributed by atoms with Gasteiger partial charge in [-0.05, 0) is 98.2 Å². The molecule has 230 valence electrons. The minimum Gasteiger partial charge on any atom is -0.506 e. The number of aromatic nitrogens is 1. The minimum absolute atomic E-state index is 0.0457. The molecule has 0 spiro atoms. The number of carbonyl (C=O) groups is 2. The molecule has 1 aliphatic carbocycles. The first-order valence-electron chi connectivity index (χ1n) is 14.8. The van der Waals surface area contributed by atoms with E-state index in [4.69, 9.17) is 4.74 Å². The normalized spacial score (nSPS) is 16.4. The van der Waals surface area contributed by atoms with Crippen molar-refractivity contribution in [2.24, 2.45) is 0 Å². The summed E-state index contributed by atoms with van der Waals surface area (Å²) in [7, 11) is 0. The summed E-state index contributed by atoms with van der Waals surface area (Å²) >= 11 is 0. The lowest BCUT2D eigenvalue weighted by Crippen LogP contribution is -2.50. The second kappa shape index (κ2) is 13.3. The Morgan fingerprint density at radius 1 is 1.05 bits per heavy atom. The summed E-state index contributed by atoms with van der Waals surface area (Å²) in [5.74, 6) is -1.05. The van der Waals surface area contributed by atoms with E-state index in [9.17, 15) is 29.7 Å². The molecule has 0 radical (unpaired) electrons. The smallest absolute Gasteiger partial charge is 0.334 e. The largest absolute Gasteiger partial charge is 0.506 e. The van der Waals surface area contributed by atoms with Crippen molar-refractivity contribution in [3.63, 3.8) is 0 Å². The zero-order chi connectivity index (χ0) is 31.3. The minimum atomic E-state index is -1.46. The molecule has 4 aromatic rings. The van der Waals surface area contributed by atoms with Gasteiger partial charge in [-0.25, -0.2) is 4.79 Å². The van der Waals surface area contributed by atoms with Crippen LogP contribution in [0.5, 0.6) is 11.5 Å². The fraction of sp³-hybridized carbons (Fsp3) is 0.324. The molecule has 10 heteroatoms. The van der Waals surface area contributed by atoms with E-state index in [2.05, 4.69) is 15.6 Å². The summed E-state index contributed by atoms with van der Waals surface area (Å²) in [6.45, 7) is 3.41. The maximum Gasteiger partial charge on any atom is 0.334 e. The Morgan fingerprint density at radius 2 is 1.86 bits per heavy atom. The highest BCUT2D eigenvalue weighted by atomic mass is 16.5. The van der Waals surface area contributed by atoms with Crippen LogP contribution in [0.3, 0.4) is 0 Å². The van der Waals surface area contributed by atoms with E-state index in [0.717, 1.165) is 30.4 Å². The SMILES string of the molecule is Cc1cccc2c1CCC2(NC(=O)c1cccc(OCCCCCNC[C@H](O)c2ccc(O)c3[nH]c(=O)ccc23)c1)C(=O)O. The lowest BCUT2D eigenvalue weighted by atomic mass is 9.90. The number of nitrogens with one attached hydrogen (secondary N) is 3. The molecule has 44 heavy (non-hydrogen) atoms. The van der Waals surface area contributed by atoms with E-state index in [-0.39, 0.29) is 11.3 Å². The second-order valence-electron chi connectivity index (χ2n) is 11.2. The highest BCUT2D eigenvalue weighted by Crippen LogP contribution is 2.39. The fourth-order valence-electron chi connectivity index (χ4n) is 5.90. The molecular formula is C34H37N3O7. The number of amides is 1. The molecule has 2 atom stereocenters. The summed E-state index contributed by atoms with van der Waals surface area (Å²) < 4.78 is 5.87. The number of ether oxygens (including phenoxy) is 1. The van der Waals surface area contributed by atoms with Crippen molar-refractivity contribution in [2.75, 3.05) is 19.7 Å². The number of aryl methyl sites for hydroxylation is 1. The van der Waals surface area contributed by atoms with Gasteiger partial charge in [-0.1, -0.05) is 30.3 Å². The van der Waals surface area contributed by atoms with E-state index in [0.29, 0.717) is 65.9 Å². The summed E-state index contributed by atoms with van der Waals surface area (Å²) in [5.41, 5.74) is 2.10. The third-order valence-corrected chi connectivity index (χ3v) is 8.28. The number of H-pyrrole nitrogens is 1. The zero-order valence-corrected chi connectivity index (χ0v) is 24.6. The van der Waals surface area contributed by atoms with Crippen molar-refractivity contribution in [1.82, 2.24) is 15.6 Å². The number of hydrogen-bond donors (Lipinski definition) is 6. The van der Waals surface area contributed by atoms with E-state index in [1.54, 1.807) is 42.5 Å². The van der Waals surface area contributed by atoms with Gasteiger partial charge in [-0.3, -0.25) is 9.59 Å². The van der Waals surface area contributed by atoms with Gasteiger partial charge in [0.2, 0.25) is 5.56 Å². The highest BCUT2D eigenvalue weighted by Gasteiger charge is 2.47. The third-order valence-electron chi connectivity index (χ3n) is 8.28. The molecule has 0 aliphatic heterocycles. The predicted octanol–water partition coefficient (Wildman–Crippen LogP) is 4.07. The van der Waals surface area contributed by atoms with Crippen LogP contribution in [0.2, 0.25) is 0 Å². The first-order chi connectivity index (χ1) is 21.2. The molecule has 0 fully saturated rings. The standard InChI is InChI=1S/C34H37N3O7/c1-21-7-5-10-27-24(21)15-16-34(27,33(42)43)37-32(41)22-8-6-9-23(19-22)44-18-4-2-3-17-35-20-29(39)25-11-13-28(38)31-26(25)12-14-30(40)36-31/h5-14,19,29,35,38-39H,2-4,15-18,20H2,1H3,(H,36,40)(H,37,41)(H,42,43)/t29-,34?/m0/s1. The molecule has 10 nitrogen and oxygen atoms in total. The van der Waals surface area contributed by atoms with Gasteiger partial charge >= 0.3 is 5.97 Å². The van der Waals surface area contributed by atoms with Gasteiger partial charge in [0.25, 0.3) is 5.91 Å². The Bertz CT molecular complexity index is 1730. The Kier molecular flexibility index (Phi) is 9.32. The quantitative estimate of drug-likeness (QED) is 0.125. The van der Waals surface area contributed by atoms with Gasteiger partial charge in [0.15, 0.2) is 5.54 Å². The van der Waals surface area contributed by atoms with Crippen LogP contribution in [-0.2, 0) is 16.8 Å². The maximum absolute atomic E-state index is 13.2. The molecule has 0 bridgehead atoms. The third kappa shape index (κ3) is 6.46. The number of aliphatic hydroxyl groups is 1. The molecule has 1 unspecified atom stereocenters. The number of benzene rings is 3. The second-order valence-corrected chi connectivity index (χ2v) is 11.2. The lowest BCUT2D eigenvalue weighted by molar-refractivity contribution is -0.144. The molecule has 1 aliphatic rings. The first kappa shape index (κ1) is 30.8. The molecule has 0 saturated heterocycles. The Labute approximate surface area is 254 Å². The van der Waals surface area contributed by atoms with Gasteiger partial charge in [0, 0.05) is 23.6 Å². The fourth-order valence-corrected chi connectivity index (χ4v) is 5.90. The van der Waals surface area contributed by atoms with Gasteiger partial charge in [0.05, 0.1) is 18.2 Å². The molecule has 5 rings (SSSR count). The Morgan fingerprint density at radius 3 is 2.68 bits per heavy atom. The van der Waals surface area contributed by atoms with Gasteiger partial charge in [0.1, 0.15) is 11.5 Å². The number of carboxylic acids is 1. The summed E-state index contributed by atoms with van der Waals surface area (Å²) in [4.78, 5) is 39.8. The number of carboxylic acid groups (broad SMARTS) is 1. The van der Waals surface area contributed by atoms with Crippen molar-refractivity contribution in [2.45, 2.75) is 50.7 Å². The van der Waals surface area contributed by atoms with E-state index in [1.807, 2.05) is 19.1 Å². The van der Waals surface area contributed by atoms with Crippen LogP contribution in [-0.4, -0.2) is 51.9 Å². The number of aliphatic hydroxyl groups excluding tert-OH is 1. The molecule has 1 amide bonds. The number of aromatic hydroxyl groups is 1. The number of hydrogen-bond acceptors (Lipinski definition) is 7. The topological polar surface area (TPSA) is 161 Å². The van der Waals surface area contributed by atoms with Gasteiger partial charge < -0.3 is 35.7 Å². The van der Waals surface area contributed by atoms with Gasteiger partial charge in [-0.2, -0.15) is 0 Å².